The Labute approximate surface area is 213 Å². The highest BCUT2D eigenvalue weighted by atomic mass is 35.5. The Kier molecular flexibility index (Phi) is 9.74. The van der Waals surface area contributed by atoms with Crippen LogP contribution in [-0.4, -0.2) is 35.4 Å². The predicted octanol–water partition coefficient (Wildman–Crippen LogP) is 5.58. The number of carbonyl (C=O) groups is 2. The fourth-order valence-corrected chi connectivity index (χ4v) is 3.97. The Morgan fingerprint density at radius 3 is 2.37 bits per heavy atom. The van der Waals surface area contributed by atoms with Crippen LogP contribution in [0.2, 0.25) is 5.02 Å². The summed E-state index contributed by atoms with van der Waals surface area (Å²) in [5.41, 5.74) is 2.86. The van der Waals surface area contributed by atoms with E-state index in [2.05, 4.69) is 5.32 Å². The van der Waals surface area contributed by atoms with E-state index in [1.165, 1.54) is 0 Å². The molecule has 0 aromatic heterocycles. The summed E-state index contributed by atoms with van der Waals surface area (Å²) >= 11 is 6.22. The monoisotopic (exact) mass is 492 g/mol. The molecule has 1 N–H and O–H groups in total. The maximum atomic E-state index is 13.6. The van der Waals surface area contributed by atoms with Crippen molar-refractivity contribution in [2.75, 3.05) is 6.61 Å². The first kappa shape index (κ1) is 26.3. The smallest absolute Gasteiger partial charge is 0.261 e. The first-order valence-electron chi connectivity index (χ1n) is 11.9. The van der Waals surface area contributed by atoms with E-state index < -0.39 is 6.04 Å². The molecular formula is C29H33ClN2O3. The number of nitrogens with one attached hydrogen (secondary N) is 1. The van der Waals surface area contributed by atoms with Gasteiger partial charge in [0.05, 0.1) is 0 Å². The molecule has 5 nitrogen and oxygen atoms in total. The van der Waals surface area contributed by atoms with Crippen molar-refractivity contribution in [2.45, 2.75) is 52.2 Å². The lowest BCUT2D eigenvalue weighted by Gasteiger charge is -2.32. The van der Waals surface area contributed by atoms with E-state index in [1.807, 2.05) is 93.6 Å². The maximum Gasteiger partial charge on any atom is 0.261 e. The van der Waals surface area contributed by atoms with Gasteiger partial charge in [-0.15, -0.1) is 0 Å². The SMILES string of the molecule is CC[C@@H](C)NC(=O)[C@@H](Cc1ccccc1)N(Cc1cccc(Cl)c1)C(=O)COc1cccc(C)c1. The quantitative estimate of drug-likeness (QED) is 0.380. The highest BCUT2D eigenvalue weighted by Gasteiger charge is 2.31. The van der Waals surface area contributed by atoms with Crippen LogP contribution in [-0.2, 0) is 22.6 Å². The molecular weight excluding hydrogens is 460 g/mol. The van der Waals surface area contributed by atoms with Gasteiger partial charge in [-0.2, -0.15) is 0 Å². The fraction of sp³-hybridized carbons (Fsp3) is 0.310. The molecule has 0 saturated carbocycles. The third-order valence-corrected chi connectivity index (χ3v) is 6.10. The molecule has 3 aromatic rings. The number of benzene rings is 3. The molecule has 6 heteroatoms. The molecule has 0 aliphatic heterocycles. The van der Waals surface area contributed by atoms with Crippen LogP contribution in [0.15, 0.2) is 78.9 Å². The molecule has 3 aromatic carbocycles. The van der Waals surface area contributed by atoms with Crippen LogP contribution in [0.25, 0.3) is 0 Å². The molecule has 0 aliphatic rings. The molecule has 2 atom stereocenters. The zero-order valence-electron chi connectivity index (χ0n) is 20.5. The van der Waals surface area contributed by atoms with Crippen molar-refractivity contribution >= 4 is 23.4 Å². The van der Waals surface area contributed by atoms with Gasteiger partial charge in [-0.05, 0) is 61.2 Å². The third-order valence-electron chi connectivity index (χ3n) is 5.87. The largest absolute Gasteiger partial charge is 0.484 e. The highest BCUT2D eigenvalue weighted by molar-refractivity contribution is 6.30. The molecule has 0 radical (unpaired) electrons. The summed E-state index contributed by atoms with van der Waals surface area (Å²) in [4.78, 5) is 28.6. The van der Waals surface area contributed by atoms with Crippen molar-refractivity contribution < 1.29 is 14.3 Å². The lowest BCUT2D eigenvalue weighted by Crippen LogP contribution is -2.53. The first-order valence-corrected chi connectivity index (χ1v) is 12.3. The minimum atomic E-state index is -0.709. The van der Waals surface area contributed by atoms with Crippen molar-refractivity contribution in [3.63, 3.8) is 0 Å². The summed E-state index contributed by atoms with van der Waals surface area (Å²) < 4.78 is 5.82. The summed E-state index contributed by atoms with van der Waals surface area (Å²) in [7, 11) is 0. The number of ether oxygens (including phenoxy) is 1. The Morgan fingerprint density at radius 2 is 1.69 bits per heavy atom. The summed E-state index contributed by atoms with van der Waals surface area (Å²) in [6.45, 7) is 6.01. The fourth-order valence-electron chi connectivity index (χ4n) is 3.76. The van der Waals surface area contributed by atoms with Crippen molar-refractivity contribution in [1.82, 2.24) is 10.2 Å². The summed E-state index contributed by atoms with van der Waals surface area (Å²) in [6.07, 6.45) is 1.18. The van der Waals surface area contributed by atoms with Crippen molar-refractivity contribution in [3.05, 3.63) is 101 Å². The first-order chi connectivity index (χ1) is 16.9. The lowest BCUT2D eigenvalue weighted by molar-refractivity contribution is -0.143. The van der Waals surface area contributed by atoms with Crippen LogP contribution in [0.1, 0.15) is 37.0 Å². The van der Waals surface area contributed by atoms with E-state index >= 15 is 0 Å². The van der Waals surface area contributed by atoms with Gasteiger partial charge in [0.15, 0.2) is 6.61 Å². The number of carbonyl (C=O) groups excluding carboxylic acids is 2. The molecule has 0 spiro atoms. The number of hydrogen-bond acceptors (Lipinski definition) is 3. The second kappa shape index (κ2) is 13.0. The van der Waals surface area contributed by atoms with Crippen molar-refractivity contribution in [1.29, 1.82) is 0 Å². The average Bonchev–Trinajstić information content (AvgIpc) is 2.85. The highest BCUT2D eigenvalue weighted by Crippen LogP contribution is 2.19. The second-order valence-electron chi connectivity index (χ2n) is 8.78. The molecule has 2 amide bonds. The molecule has 184 valence electrons. The number of hydrogen-bond donors (Lipinski definition) is 1. The topological polar surface area (TPSA) is 58.6 Å². The van der Waals surface area contributed by atoms with Gasteiger partial charge in [0.25, 0.3) is 5.91 Å². The Balaban J connectivity index is 1.91. The third kappa shape index (κ3) is 8.15. The molecule has 0 heterocycles. The molecule has 0 bridgehead atoms. The van der Waals surface area contributed by atoms with Crippen molar-refractivity contribution in [2.24, 2.45) is 0 Å². The zero-order chi connectivity index (χ0) is 25.2. The molecule has 0 aliphatic carbocycles. The average molecular weight is 493 g/mol. The standard InChI is InChI=1S/C29H33ClN2O3/c1-4-22(3)31-29(34)27(18-23-11-6-5-7-12-23)32(19-24-13-9-14-25(30)17-24)28(33)20-35-26-15-8-10-21(2)16-26/h5-17,22,27H,4,18-20H2,1-3H3,(H,31,34)/t22-,27-/m1/s1. The van der Waals surface area contributed by atoms with Gasteiger partial charge in [-0.3, -0.25) is 9.59 Å². The van der Waals surface area contributed by atoms with Gasteiger partial charge in [0.1, 0.15) is 11.8 Å². The van der Waals surface area contributed by atoms with Crippen LogP contribution in [0.3, 0.4) is 0 Å². The Bertz CT molecular complexity index is 1120. The molecule has 3 rings (SSSR count). The normalized spacial score (nSPS) is 12.5. The van der Waals surface area contributed by atoms with E-state index in [-0.39, 0.29) is 31.0 Å². The van der Waals surface area contributed by atoms with Gasteiger partial charge in [0, 0.05) is 24.0 Å². The number of amides is 2. The lowest BCUT2D eigenvalue weighted by atomic mass is 10.0. The minimum absolute atomic E-state index is 0.00700. The van der Waals surface area contributed by atoms with E-state index in [1.54, 1.807) is 11.0 Å². The number of aryl methyl sites for hydroxylation is 1. The number of rotatable bonds is 11. The van der Waals surface area contributed by atoms with Gasteiger partial charge >= 0.3 is 0 Å². The molecule has 0 fully saturated rings. The van der Waals surface area contributed by atoms with Gasteiger partial charge in [-0.1, -0.05) is 73.1 Å². The Morgan fingerprint density at radius 1 is 0.971 bits per heavy atom. The van der Waals surface area contributed by atoms with Gasteiger partial charge < -0.3 is 15.0 Å². The summed E-state index contributed by atoms with van der Waals surface area (Å²) in [5.74, 6) is 0.158. The Hall–Kier alpha value is -3.31. The van der Waals surface area contributed by atoms with Crippen LogP contribution >= 0.6 is 11.6 Å². The van der Waals surface area contributed by atoms with E-state index in [0.29, 0.717) is 17.2 Å². The van der Waals surface area contributed by atoms with Crippen molar-refractivity contribution in [3.8, 4) is 5.75 Å². The van der Waals surface area contributed by atoms with Gasteiger partial charge in [-0.25, -0.2) is 0 Å². The second-order valence-corrected chi connectivity index (χ2v) is 9.22. The minimum Gasteiger partial charge on any atom is -0.484 e. The van der Waals surface area contributed by atoms with Crippen LogP contribution in [0, 0.1) is 6.92 Å². The number of halogens is 1. The molecule has 0 saturated heterocycles. The van der Waals surface area contributed by atoms with E-state index in [0.717, 1.165) is 23.1 Å². The summed E-state index contributed by atoms with van der Waals surface area (Å²) in [6, 6.07) is 23.9. The molecule has 35 heavy (non-hydrogen) atoms. The van der Waals surface area contributed by atoms with E-state index in [9.17, 15) is 9.59 Å². The molecule has 0 unspecified atom stereocenters. The van der Waals surface area contributed by atoms with Crippen LogP contribution < -0.4 is 10.1 Å². The van der Waals surface area contributed by atoms with Crippen LogP contribution in [0.5, 0.6) is 5.75 Å². The summed E-state index contributed by atoms with van der Waals surface area (Å²) in [5, 5.41) is 3.64. The maximum absolute atomic E-state index is 13.6. The number of nitrogens with zero attached hydrogens (tertiary/aromatic N) is 1. The van der Waals surface area contributed by atoms with Crippen LogP contribution in [0.4, 0.5) is 0 Å². The van der Waals surface area contributed by atoms with E-state index in [4.69, 9.17) is 16.3 Å². The zero-order valence-corrected chi connectivity index (χ0v) is 21.3. The predicted molar refractivity (Wildman–Crippen MR) is 141 cm³/mol. The van der Waals surface area contributed by atoms with Gasteiger partial charge in [0.2, 0.25) is 5.91 Å².